The van der Waals surface area contributed by atoms with Crippen LogP contribution in [0, 0.1) is 28.3 Å². The van der Waals surface area contributed by atoms with Gasteiger partial charge in [-0.25, -0.2) is 4.39 Å². The van der Waals surface area contributed by atoms with Crippen molar-refractivity contribution in [2.45, 2.75) is 0 Å². The quantitative estimate of drug-likeness (QED) is 0.508. The molecule has 0 radical (unpaired) electrons. The van der Waals surface area contributed by atoms with Crippen LogP contribution in [0.25, 0.3) is 0 Å². The molecule has 1 N–H and O–H groups in total. The Hall–Kier alpha value is -3.11. The maximum atomic E-state index is 13.3. The second-order valence-electron chi connectivity index (χ2n) is 4.51. The molecular formula is C16H10ClFN2O4. The zero-order valence-corrected chi connectivity index (χ0v) is 12.8. The van der Waals surface area contributed by atoms with Gasteiger partial charge in [-0.05, 0) is 18.2 Å². The van der Waals surface area contributed by atoms with Crippen molar-refractivity contribution >= 4 is 28.9 Å². The van der Waals surface area contributed by atoms with E-state index in [0.717, 1.165) is 24.3 Å². The molecule has 0 saturated carbocycles. The van der Waals surface area contributed by atoms with E-state index in [1.54, 1.807) is 0 Å². The highest BCUT2D eigenvalue weighted by Crippen LogP contribution is 2.28. The summed E-state index contributed by atoms with van der Waals surface area (Å²) >= 11 is 5.90. The summed E-state index contributed by atoms with van der Waals surface area (Å²) in [5, 5.41) is 13.1. The maximum Gasteiger partial charge on any atom is 0.270 e. The predicted molar refractivity (Wildman–Crippen MR) is 86.8 cm³/mol. The normalized spacial score (nSPS) is 9.88. The monoisotopic (exact) mass is 348 g/mol. The molecule has 2 aromatic rings. The topological polar surface area (TPSA) is 81.5 Å². The van der Waals surface area contributed by atoms with E-state index in [-0.39, 0.29) is 34.3 Å². The molecule has 1 amide bonds. The lowest BCUT2D eigenvalue weighted by Gasteiger charge is -2.12. The van der Waals surface area contributed by atoms with Gasteiger partial charge in [0.15, 0.2) is 0 Å². The van der Waals surface area contributed by atoms with Crippen LogP contribution in [-0.2, 0) is 0 Å². The van der Waals surface area contributed by atoms with Crippen molar-refractivity contribution in [1.82, 2.24) is 0 Å². The van der Waals surface area contributed by atoms with Crippen LogP contribution in [0.1, 0.15) is 10.4 Å². The highest BCUT2D eigenvalue weighted by molar-refractivity contribution is 6.34. The number of terminal acetylenes is 1. The fourth-order valence-electron chi connectivity index (χ4n) is 1.83. The van der Waals surface area contributed by atoms with Crippen LogP contribution in [0.5, 0.6) is 5.75 Å². The Labute approximate surface area is 141 Å². The number of nitro benzene ring substituents is 1. The lowest BCUT2D eigenvalue weighted by Crippen LogP contribution is -2.14. The second-order valence-corrected chi connectivity index (χ2v) is 4.92. The molecule has 0 aliphatic heterocycles. The van der Waals surface area contributed by atoms with Crippen molar-refractivity contribution in [3.05, 3.63) is 62.9 Å². The molecule has 0 aromatic heterocycles. The average molecular weight is 349 g/mol. The first-order valence-electron chi connectivity index (χ1n) is 6.53. The number of nitrogens with one attached hydrogen (secondary N) is 1. The summed E-state index contributed by atoms with van der Waals surface area (Å²) in [4.78, 5) is 22.3. The van der Waals surface area contributed by atoms with E-state index in [1.165, 1.54) is 12.1 Å². The fraction of sp³-hybridized carbons (Fsp3) is 0.0625. The van der Waals surface area contributed by atoms with Crippen LogP contribution >= 0.6 is 11.6 Å². The van der Waals surface area contributed by atoms with Gasteiger partial charge in [-0.2, -0.15) is 0 Å². The van der Waals surface area contributed by atoms with Crippen LogP contribution < -0.4 is 10.1 Å². The number of hydrogen-bond donors (Lipinski definition) is 1. The number of amides is 1. The minimum Gasteiger partial charge on any atom is -0.479 e. The number of anilines is 1. The minimum atomic E-state index is -0.632. The maximum absolute atomic E-state index is 13.3. The Balaban J connectivity index is 2.27. The minimum absolute atomic E-state index is 0.0227. The SMILES string of the molecule is C#CCOc1cc(F)ccc1NC(=O)c1ccc([N+](=O)[O-])cc1Cl. The van der Waals surface area contributed by atoms with Gasteiger partial charge in [0.25, 0.3) is 11.6 Å². The summed E-state index contributed by atoms with van der Waals surface area (Å²) in [6, 6.07) is 6.96. The third kappa shape index (κ3) is 4.00. The number of rotatable bonds is 5. The molecule has 6 nitrogen and oxygen atoms in total. The molecule has 0 fully saturated rings. The standard InChI is InChI=1S/C16H10ClFN2O4/c1-2-7-24-15-8-10(18)3-6-14(15)19-16(21)12-5-4-11(20(22)23)9-13(12)17/h1,3-6,8-9H,7H2,(H,19,21). The van der Waals surface area contributed by atoms with Gasteiger partial charge < -0.3 is 10.1 Å². The van der Waals surface area contributed by atoms with E-state index >= 15 is 0 Å². The molecule has 0 bridgehead atoms. The average Bonchev–Trinajstić information content (AvgIpc) is 2.54. The zero-order valence-electron chi connectivity index (χ0n) is 12.1. The summed E-state index contributed by atoms with van der Waals surface area (Å²) in [6.07, 6.45) is 5.09. The van der Waals surface area contributed by atoms with Gasteiger partial charge in [0.05, 0.1) is 21.2 Å². The predicted octanol–water partition coefficient (Wildman–Crippen LogP) is 3.65. The highest BCUT2D eigenvalue weighted by Gasteiger charge is 2.16. The third-order valence-corrected chi connectivity index (χ3v) is 3.22. The van der Waals surface area contributed by atoms with Gasteiger partial charge in [-0.1, -0.05) is 17.5 Å². The van der Waals surface area contributed by atoms with Gasteiger partial charge in [0.1, 0.15) is 18.2 Å². The molecule has 24 heavy (non-hydrogen) atoms. The largest absolute Gasteiger partial charge is 0.479 e. The highest BCUT2D eigenvalue weighted by atomic mass is 35.5. The molecule has 0 unspecified atom stereocenters. The van der Waals surface area contributed by atoms with Crippen LogP contribution in [0.2, 0.25) is 5.02 Å². The van der Waals surface area contributed by atoms with Crippen LogP contribution in [-0.4, -0.2) is 17.4 Å². The fourth-order valence-corrected chi connectivity index (χ4v) is 2.09. The summed E-state index contributed by atoms with van der Waals surface area (Å²) in [6.45, 7) is -0.107. The van der Waals surface area contributed by atoms with Crippen molar-refractivity contribution in [2.24, 2.45) is 0 Å². The number of nitrogens with zero attached hydrogens (tertiary/aromatic N) is 1. The van der Waals surface area contributed by atoms with Crippen LogP contribution in [0.3, 0.4) is 0 Å². The third-order valence-electron chi connectivity index (χ3n) is 2.91. The number of hydrogen-bond acceptors (Lipinski definition) is 4. The Morgan fingerprint density at radius 1 is 1.38 bits per heavy atom. The molecule has 0 saturated heterocycles. The molecule has 2 aromatic carbocycles. The molecule has 0 aliphatic carbocycles. The zero-order chi connectivity index (χ0) is 17.7. The van der Waals surface area contributed by atoms with Gasteiger partial charge in [0.2, 0.25) is 0 Å². The van der Waals surface area contributed by atoms with Gasteiger partial charge >= 0.3 is 0 Å². The number of carbonyl (C=O) groups is 1. The number of ether oxygens (including phenoxy) is 1. The van der Waals surface area contributed by atoms with E-state index < -0.39 is 16.6 Å². The second kappa shape index (κ2) is 7.44. The van der Waals surface area contributed by atoms with E-state index in [2.05, 4.69) is 11.2 Å². The van der Waals surface area contributed by atoms with Crippen molar-refractivity contribution in [2.75, 3.05) is 11.9 Å². The number of non-ortho nitro benzene ring substituents is 1. The number of nitro groups is 1. The lowest BCUT2D eigenvalue weighted by atomic mass is 10.2. The summed E-state index contributed by atoms with van der Waals surface area (Å²) in [7, 11) is 0. The first kappa shape index (κ1) is 17.2. The number of benzene rings is 2. The molecular weight excluding hydrogens is 339 g/mol. The van der Waals surface area contributed by atoms with Crippen LogP contribution in [0.15, 0.2) is 36.4 Å². The molecule has 122 valence electrons. The van der Waals surface area contributed by atoms with Crippen LogP contribution in [0.4, 0.5) is 15.8 Å². The number of carbonyl (C=O) groups excluding carboxylic acids is 1. The molecule has 0 spiro atoms. The van der Waals surface area contributed by atoms with Gasteiger partial charge in [0, 0.05) is 18.2 Å². The Morgan fingerprint density at radius 2 is 2.12 bits per heavy atom. The van der Waals surface area contributed by atoms with Crippen molar-refractivity contribution in [3.63, 3.8) is 0 Å². The molecule has 8 heteroatoms. The van der Waals surface area contributed by atoms with E-state index in [4.69, 9.17) is 22.8 Å². The Kier molecular flexibility index (Phi) is 5.35. The first-order valence-corrected chi connectivity index (χ1v) is 6.91. The van der Waals surface area contributed by atoms with E-state index in [9.17, 15) is 19.3 Å². The van der Waals surface area contributed by atoms with E-state index in [0.29, 0.717) is 0 Å². The molecule has 2 rings (SSSR count). The summed E-state index contributed by atoms with van der Waals surface area (Å²) in [5.41, 5.74) is -0.0306. The van der Waals surface area contributed by atoms with Crippen molar-refractivity contribution in [3.8, 4) is 18.1 Å². The molecule has 0 atom stereocenters. The Morgan fingerprint density at radius 3 is 2.75 bits per heavy atom. The molecule has 0 heterocycles. The Bertz CT molecular complexity index is 848. The smallest absolute Gasteiger partial charge is 0.270 e. The first-order chi connectivity index (χ1) is 11.4. The van der Waals surface area contributed by atoms with Crippen molar-refractivity contribution in [1.29, 1.82) is 0 Å². The van der Waals surface area contributed by atoms with Gasteiger partial charge in [-0.3, -0.25) is 14.9 Å². The summed E-state index contributed by atoms with van der Waals surface area (Å²) < 4.78 is 18.5. The van der Waals surface area contributed by atoms with Gasteiger partial charge in [-0.15, -0.1) is 6.42 Å². The summed E-state index contributed by atoms with van der Waals surface area (Å²) in [5.74, 6) is 1.09. The number of halogens is 2. The van der Waals surface area contributed by atoms with E-state index in [1.807, 2.05) is 0 Å². The lowest BCUT2D eigenvalue weighted by molar-refractivity contribution is -0.384. The van der Waals surface area contributed by atoms with Crippen molar-refractivity contribution < 1.29 is 18.8 Å². The molecule has 0 aliphatic rings.